The molecule has 0 spiro atoms. The standard InChI is InChI=1S/C17H19N3OS/c18-11-13(15(21)12-20-9-5-1-2-6-10-20)17-19-14-7-3-4-8-16(14)22-17/h3-4,7-8,21H,1-2,5-6,9-10,12H2/b15-13-. The number of aliphatic hydroxyl groups excluding tert-OH is 1. The fourth-order valence-corrected chi connectivity index (χ4v) is 3.78. The molecule has 1 N–H and O–H groups in total. The van der Waals surface area contributed by atoms with Crippen LogP contribution in [0, 0.1) is 11.3 Å². The lowest BCUT2D eigenvalue weighted by Gasteiger charge is -2.19. The van der Waals surface area contributed by atoms with Crippen molar-refractivity contribution < 1.29 is 5.11 Å². The van der Waals surface area contributed by atoms with Gasteiger partial charge in [-0.2, -0.15) is 5.26 Å². The normalized spacial score (nSPS) is 17.8. The molecule has 0 atom stereocenters. The van der Waals surface area contributed by atoms with E-state index in [0.29, 0.717) is 17.1 Å². The summed E-state index contributed by atoms with van der Waals surface area (Å²) in [6, 6.07) is 9.93. The third kappa shape index (κ3) is 3.29. The molecule has 0 unspecified atom stereocenters. The van der Waals surface area contributed by atoms with E-state index in [1.165, 1.54) is 24.2 Å². The first-order valence-corrected chi connectivity index (χ1v) is 8.50. The average molecular weight is 313 g/mol. The Morgan fingerprint density at radius 2 is 1.95 bits per heavy atom. The van der Waals surface area contributed by atoms with Crippen molar-refractivity contribution in [1.29, 1.82) is 5.26 Å². The van der Waals surface area contributed by atoms with Crippen molar-refractivity contribution in [3.05, 3.63) is 35.0 Å². The van der Waals surface area contributed by atoms with Gasteiger partial charge in [0.05, 0.1) is 16.8 Å². The highest BCUT2D eigenvalue weighted by molar-refractivity contribution is 7.19. The number of aliphatic hydroxyl groups is 1. The van der Waals surface area contributed by atoms with Gasteiger partial charge in [-0.05, 0) is 38.1 Å². The van der Waals surface area contributed by atoms with Crippen LogP contribution < -0.4 is 0 Å². The fraction of sp³-hybridized carbons (Fsp3) is 0.412. The number of nitrogens with zero attached hydrogens (tertiary/aromatic N) is 3. The summed E-state index contributed by atoms with van der Waals surface area (Å²) in [5, 5.41) is 20.5. The molecule has 4 nitrogen and oxygen atoms in total. The maximum absolute atomic E-state index is 10.4. The second-order valence-electron chi connectivity index (χ2n) is 5.61. The van der Waals surface area contributed by atoms with Crippen LogP contribution in [0.25, 0.3) is 15.8 Å². The van der Waals surface area contributed by atoms with Crippen LogP contribution in [0.3, 0.4) is 0 Å². The minimum atomic E-state index is 0.142. The number of thiazole rings is 1. The van der Waals surface area contributed by atoms with Crippen LogP contribution in [0.15, 0.2) is 30.0 Å². The van der Waals surface area contributed by atoms with Gasteiger partial charge in [0.15, 0.2) is 0 Å². The van der Waals surface area contributed by atoms with Crippen LogP contribution in [0.4, 0.5) is 0 Å². The zero-order valence-corrected chi connectivity index (χ0v) is 13.3. The van der Waals surface area contributed by atoms with Gasteiger partial charge >= 0.3 is 0 Å². The lowest BCUT2D eigenvalue weighted by molar-refractivity contribution is 0.258. The zero-order valence-electron chi connectivity index (χ0n) is 12.5. The van der Waals surface area contributed by atoms with Gasteiger partial charge in [-0.15, -0.1) is 11.3 Å². The molecule has 5 heteroatoms. The number of rotatable bonds is 3. The molecule has 1 aromatic carbocycles. The predicted molar refractivity (Wildman–Crippen MR) is 89.7 cm³/mol. The van der Waals surface area contributed by atoms with Crippen LogP contribution in [0.1, 0.15) is 30.7 Å². The number of benzene rings is 1. The molecule has 3 rings (SSSR count). The van der Waals surface area contributed by atoms with E-state index in [0.717, 1.165) is 36.1 Å². The molecule has 22 heavy (non-hydrogen) atoms. The lowest BCUT2D eigenvalue weighted by Crippen LogP contribution is -2.27. The maximum Gasteiger partial charge on any atom is 0.138 e. The minimum absolute atomic E-state index is 0.142. The number of likely N-dealkylation sites (tertiary alicyclic amines) is 1. The van der Waals surface area contributed by atoms with Crippen LogP contribution in [0.2, 0.25) is 0 Å². The van der Waals surface area contributed by atoms with Crippen LogP contribution in [-0.4, -0.2) is 34.6 Å². The number of fused-ring (bicyclic) bond motifs is 1. The average Bonchev–Trinajstić information content (AvgIpc) is 2.77. The Hall–Kier alpha value is -1.90. The van der Waals surface area contributed by atoms with Crippen LogP contribution >= 0.6 is 11.3 Å². The molecule has 114 valence electrons. The fourth-order valence-electron chi connectivity index (χ4n) is 2.80. The molecule has 0 saturated carbocycles. The third-order valence-electron chi connectivity index (χ3n) is 3.98. The van der Waals surface area contributed by atoms with Crippen LogP contribution in [0.5, 0.6) is 0 Å². The summed E-state index contributed by atoms with van der Waals surface area (Å²) in [6.45, 7) is 2.42. The van der Waals surface area contributed by atoms with Crippen molar-refractivity contribution in [2.24, 2.45) is 0 Å². The summed E-state index contributed by atoms with van der Waals surface area (Å²) in [5.41, 5.74) is 1.18. The second kappa shape index (κ2) is 6.91. The monoisotopic (exact) mass is 313 g/mol. The van der Waals surface area contributed by atoms with Crippen molar-refractivity contribution >= 4 is 27.1 Å². The molecule has 1 saturated heterocycles. The van der Waals surface area contributed by atoms with Crippen molar-refractivity contribution in [3.8, 4) is 6.07 Å². The molecule has 1 fully saturated rings. The largest absolute Gasteiger partial charge is 0.509 e. The first-order chi connectivity index (χ1) is 10.8. The highest BCUT2D eigenvalue weighted by Gasteiger charge is 2.17. The lowest BCUT2D eigenvalue weighted by atomic mass is 10.2. The predicted octanol–water partition coefficient (Wildman–Crippen LogP) is 3.96. The Bertz CT molecular complexity index is 688. The number of nitriles is 1. The molecular formula is C17H19N3OS. The minimum Gasteiger partial charge on any atom is -0.509 e. The third-order valence-corrected chi connectivity index (χ3v) is 5.03. The SMILES string of the molecule is N#C/C(=C(/O)CN1CCCCCC1)c1nc2ccccc2s1. The first kappa shape index (κ1) is 15.0. The zero-order chi connectivity index (χ0) is 15.4. The Morgan fingerprint density at radius 3 is 2.64 bits per heavy atom. The van der Waals surface area contributed by atoms with Gasteiger partial charge in [0.1, 0.15) is 22.4 Å². The smallest absolute Gasteiger partial charge is 0.138 e. The van der Waals surface area contributed by atoms with Gasteiger partial charge in [-0.1, -0.05) is 25.0 Å². The molecule has 2 heterocycles. The van der Waals surface area contributed by atoms with Gasteiger partial charge in [-0.25, -0.2) is 4.98 Å². The number of hydrogen-bond acceptors (Lipinski definition) is 5. The second-order valence-corrected chi connectivity index (χ2v) is 6.64. The first-order valence-electron chi connectivity index (χ1n) is 7.68. The van der Waals surface area contributed by atoms with Crippen molar-refractivity contribution in [2.45, 2.75) is 25.7 Å². The van der Waals surface area contributed by atoms with Gasteiger partial charge < -0.3 is 5.11 Å². The molecule has 2 aromatic rings. The van der Waals surface area contributed by atoms with Crippen LogP contribution in [-0.2, 0) is 0 Å². The van der Waals surface area contributed by atoms with E-state index in [4.69, 9.17) is 0 Å². The van der Waals surface area contributed by atoms with Gasteiger partial charge in [0, 0.05) is 0 Å². The summed E-state index contributed by atoms with van der Waals surface area (Å²) < 4.78 is 1.04. The van der Waals surface area contributed by atoms with Crippen molar-refractivity contribution in [3.63, 3.8) is 0 Å². The quantitative estimate of drug-likeness (QED) is 0.688. The van der Waals surface area contributed by atoms with Crippen molar-refractivity contribution in [1.82, 2.24) is 9.88 Å². The van der Waals surface area contributed by atoms with E-state index >= 15 is 0 Å². The van der Waals surface area contributed by atoms with Crippen molar-refractivity contribution in [2.75, 3.05) is 19.6 Å². The maximum atomic E-state index is 10.4. The van der Waals surface area contributed by atoms with E-state index in [2.05, 4.69) is 16.0 Å². The molecule has 0 radical (unpaired) electrons. The van der Waals surface area contributed by atoms with E-state index < -0.39 is 0 Å². The molecule has 0 amide bonds. The summed E-state index contributed by atoms with van der Waals surface area (Å²) in [4.78, 5) is 6.71. The number of para-hydroxylation sites is 1. The summed E-state index contributed by atoms with van der Waals surface area (Å²) in [7, 11) is 0. The van der Waals surface area contributed by atoms with E-state index in [9.17, 15) is 10.4 Å². The summed E-state index contributed by atoms with van der Waals surface area (Å²) in [5.74, 6) is 0.142. The number of hydrogen-bond donors (Lipinski definition) is 1. The Morgan fingerprint density at radius 1 is 1.23 bits per heavy atom. The van der Waals surface area contributed by atoms with E-state index in [-0.39, 0.29) is 5.76 Å². The number of aromatic nitrogens is 1. The molecule has 1 aromatic heterocycles. The van der Waals surface area contributed by atoms with Gasteiger partial charge in [0.25, 0.3) is 0 Å². The number of allylic oxidation sites excluding steroid dienone is 1. The Labute approximate surface area is 134 Å². The molecule has 1 aliphatic heterocycles. The Balaban J connectivity index is 1.86. The molecule has 1 aliphatic rings. The summed E-state index contributed by atoms with van der Waals surface area (Å²) >= 11 is 1.45. The molecular weight excluding hydrogens is 294 g/mol. The highest BCUT2D eigenvalue weighted by Crippen LogP contribution is 2.28. The Kier molecular flexibility index (Phi) is 4.71. The topological polar surface area (TPSA) is 60.1 Å². The van der Waals surface area contributed by atoms with E-state index in [1.807, 2.05) is 24.3 Å². The van der Waals surface area contributed by atoms with E-state index in [1.54, 1.807) is 0 Å². The van der Waals surface area contributed by atoms with Gasteiger partial charge in [-0.3, -0.25) is 4.90 Å². The molecule has 0 aliphatic carbocycles. The summed E-state index contributed by atoms with van der Waals surface area (Å²) in [6.07, 6.45) is 4.83. The van der Waals surface area contributed by atoms with Gasteiger partial charge in [0.2, 0.25) is 0 Å². The molecule has 0 bridgehead atoms. The highest BCUT2D eigenvalue weighted by atomic mass is 32.1.